The molecule has 1 aliphatic heterocycles. The van der Waals surface area contributed by atoms with Gasteiger partial charge in [0, 0.05) is 25.7 Å². The SMILES string of the molecule is O=C(CCc1ccc(N2CCCCC2)nc1)c1ccccc1O. The Morgan fingerprint density at radius 3 is 2.57 bits per heavy atom. The molecule has 0 aliphatic carbocycles. The number of phenols is 1. The van der Waals surface area contributed by atoms with Gasteiger partial charge in [0.25, 0.3) is 0 Å². The molecule has 2 heterocycles. The number of carbonyl (C=O) groups excluding carboxylic acids is 1. The van der Waals surface area contributed by atoms with E-state index in [9.17, 15) is 9.90 Å². The number of benzene rings is 1. The maximum absolute atomic E-state index is 12.2. The number of phenolic OH excluding ortho intramolecular Hbond substituents is 1. The fourth-order valence-electron chi connectivity index (χ4n) is 2.98. The smallest absolute Gasteiger partial charge is 0.166 e. The summed E-state index contributed by atoms with van der Waals surface area (Å²) < 4.78 is 0. The molecule has 2 aromatic rings. The standard InChI is InChI=1S/C19H22N2O2/c22-17-7-3-2-6-16(17)18(23)10-8-15-9-11-19(20-14-15)21-12-4-1-5-13-21/h2-3,6-7,9,11,14,22H,1,4-5,8,10,12-13H2. The second-order valence-electron chi connectivity index (χ2n) is 6.01. The molecule has 1 aliphatic rings. The van der Waals surface area contributed by atoms with Crippen LogP contribution in [-0.4, -0.2) is 29.0 Å². The molecule has 0 bridgehead atoms. The number of aryl methyl sites for hydroxylation is 1. The predicted molar refractivity (Wildman–Crippen MR) is 91.1 cm³/mol. The van der Waals surface area contributed by atoms with Gasteiger partial charge in [-0.15, -0.1) is 0 Å². The molecule has 1 aromatic heterocycles. The van der Waals surface area contributed by atoms with Crippen LogP contribution in [0, 0.1) is 0 Å². The molecule has 23 heavy (non-hydrogen) atoms. The normalized spacial score (nSPS) is 14.7. The fraction of sp³-hybridized carbons (Fsp3) is 0.368. The van der Waals surface area contributed by atoms with E-state index in [1.54, 1.807) is 24.3 Å². The molecule has 1 N–H and O–H groups in total. The second-order valence-corrected chi connectivity index (χ2v) is 6.01. The molecule has 0 atom stereocenters. The lowest BCUT2D eigenvalue weighted by molar-refractivity contribution is 0.0980. The first kappa shape index (κ1) is 15.5. The lowest BCUT2D eigenvalue weighted by atomic mass is 10.0. The Morgan fingerprint density at radius 1 is 1.09 bits per heavy atom. The number of aromatic nitrogens is 1. The Morgan fingerprint density at radius 2 is 1.87 bits per heavy atom. The van der Waals surface area contributed by atoms with Gasteiger partial charge < -0.3 is 10.0 Å². The van der Waals surface area contributed by atoms with Crippen molar-refractivity contribution < 1.29 is 9.90 Å². The van der Waals surface area contributed by atoms with Crippen LogP contribution < -0.4 is 4.90 Å². The Hall–Kier alpha value is -2.36. The van der Waals surface area contributed by atoms with E-state index in [0.717, 1.165) is 24.5 Å². The van der Waals surface area contributed by atoms with Crippen molar-refractivity contribution >= 4 is 11.6 Å². The maximum atomic E-state index is 12.2. The number of pyridine rings is 1. The second kappa shape index (κ2) is 7.27. The lowest BCUT2D eigenvalue weighted by Crippen LogP contribution is -2.30. The molecule has 1 fully saturated rings. The van der Waals surface area contributed by atoms with E-state index in [0.29, 0.717) is 18.4 Å². The summed E-state index contributed by atoms with van der Waals surface area (Å²) in [5.74, 6) is 1.04. The summed E-state index contributed by atoms with van der Waals surface area (Å²) in [5.41, 5.74) is 1.44. The molecule has 3 rings (SSSR count). The minimum absolute atomic E-state index is 0.0387. The highest BCUT2D eigenvalue weighted by atomic mass is 16.3. The predicted octanol–water partition coefficient (Wildman–Crippen LogP) is 3.59. The number of anilines is 1. The lowest BCUT2D eigenvalue weighted by Gasteiger charge is -2.27. The van der Waals surface area contributed by atoms with Crippen molar-refractivity contribution in [3.05, 3.63) is 53.7 Å². The first-order chi connectivity index (χ1) is 11.2. The minimum Gasteiger partial charge on any atom is -0.507 e. The van der Waals surface area contributed by atoms with Crippen molar-refractivity contribution in [3.8, 4) is 5.75 Å². The number of ketones is 1. The van der Waals surface area contributed by atoms with Crippen LogP contribution in [0.15, 0.2) is 42.6 Å². The average molecular weight is 310 g/mol. The van der Waals surface area contributed by atoms with E-state index >= 15 is 0 Å². The highest BCUT2D eigenvalue weighted by Crippen LogP contribution is 2.20. The number of nitrogens with zero attached hydrogens (tertiary/aromatic N) is 2. The molecular formula is C19H22N2O2. The topological polar surface area (TPSA) is 53.4 Å². The van der Waals surface area contributed by atoms with Crippen LogP contribution in [0.2, 0.25) is 0 Å². The van der Waals surface area contributed by atoms with Gasteiger partial charge in [-0.3, -0.25) is 4.79 Å². The Bertz CT molecular complexity index is 661. The summed E-state index contributed by atoms with van der Waals surface area (Å²) in [6, 6.07) is 10.8. The van der Waals surface area contributed by atoms with Gasteiger partial charge in [-0.05, 0) is 49.4 Å². The van der Waals surface area contributed by atoms with E-state index in [2.05, 4.69) is 16.0 Å². The largest absolute Gasteiger partial charge is 0.507 e. The molecule has 0 saturated carbocycles. The molecule has 120 valence electrons. The van der Waals surface area contributed by atoms with Crippen molar-refractivity contribution in [1.82, 2.24) is 4.98 Å². The van der Waals surface area contributed by atoms with Crippen LogP contribution in [0.4, 0.5) is 5.82 Å². The number of hydrogen-bond donors (Lipinski definition) is 1. The van der Waals surface area contributed by atoms with E-state index in [-0.39, 0.29) is 11.5 Å². The van der Waals surface area contributed by atoms with Crippen molar-refractivity contribution in [2.24, 2.45) is 0 Å². The quantitative estimate of drug-likeness (QED) is 0.857. The van der Waals surface area contributed by atoms with Crippen LogP contribution >= 0.6 is 0 Å². The molecule has 4 heteroatoms. The number of para-hydroxylation sites is 1. The number of hydrogen-bond acceptors (Lipinski definition) is 4. The first-order valence-electron chi connectivity index (χ1n) is 8.25. The number of piperidine rings is 1. The third-order valence-electron chi connectivity index (χ3n) is 4.33. The van der Waals surface area contributed by atoms with E-state index < -0.39 is 0 Å². The van der Waals surface area contributed by atoms with Gasteiger partial charge in [0.15, 0.2) is 5.78 Å². The van der Waals surface area contributed by atoms with Crippen LogP contribution in [0.3, 0.4) is 0 Å². The molecule has 0 amide bonds. The zero-order valence-corrected chi connectivity index (χ0v) is 13.2. The van der Waals surface area contributed by atoms with Crippen molar-refractivity contribution in [2.75, 3.05) is 18.0 Å². The minimum atomic E-state index is -0.0387. The van der Waals surface area contributed by atoms with Gasteiger partial charge in [-0.25, -0.2) is 4.98 Å². The van der Waals surface area contributed by atoms with Gasteiger partial charge in [-0.2, -0.15) is 0 Å². The van der Waals surface area contributed by atoms with Gasteiger partial charge in [0.05, 0.1) is 5.56 Å². The molecule has 0 spiro atoms. The Labute approximate surface area is 136 Å². The van der Waals surface area contributed by atoms with Crippen LogP contribution in [0.5, 0.6) is 5.75 Å². The first-order valence-corrected chi connectivity index (χ1v) is 8.25. The molecule has 1 aromatic carbocycles. The number of aromatic hydroxyl groups is 1. The highest BCUT2D eigenvalue weighted by molar-refractivity contribution is 5.98. The molecule has 0 unspecified atom stereocenters. The molecule has 0 radical (unpaired) electrons. The van der Waals surface area contributed by atoms with Crippen LogP contribution in [0.1, 0.15) is 41.6 Å². The van der Waals surface area contributed by atoms with Crippen molar-refractivity contribution in [2.45, 2.75) is 32.1 Å². The third-order valence-corrected chi connectivity index (χ3v) is 4.33. The van der Waals surface area contributed by atoms with E-state index in [1.807, 2.05) is 12.3 Å². The zero-order chi connectivity index (χ0) is 16.1. The van der Waals surface area contributed by atoms with Crippen molar-refractivity contribution in [3.63, 3.8) is 0 Å². The fourth-order valence-corrected chi connectivity index (χ4v) is 2.98. The Balaban J connectivity index is 1.58. The van der Waals surface area contributed by atoms with Crippen molar-refractivity contribution in [1.29, 1.82) is 0 Å². The number of rotatable bonds is 5. The highest BCUT2D eigenvalue weighted by Gasteiger charge is 2.13. The summed E-state index contributed by atoms with van der Waals surface area (Å²) in [4.78, 5) is 19.0. The van der Waals surface area contributed by atoms with E-state index in [4.69, 9.17) is 0 Å². The molecular weight excluding hydrogens is 288 g/mol. The number of Topliss-reactive ketones (excluding diaryl/α,β-unsaturated/α-hetero) is 1. The number of carbonyl (C=O) groups is 1. The monoisotopic (exact) mass is 310 g/mol. The van der Waals surface area contributed by atoms with Gasteiger partial charge in [-0.1, -0.05) is 18.2 Å². The summed E-state index contributed by atoms with van der Waals surface area (Å²) in [6.45, 7) is 2.16. The third kappa shape index (κ3) is 3.89. The molecule has 1 saturated heterocycles. The average Bonchev–Trinajstić information content (AvgIpc) is 2.61. The van der Waals surface area contributed by atoms with Gasteiger partial charge >= 0.3 is 0 Å². The zero-order valence-electron chi connectivity index (χ0n) is 13.2. The Kier molecular flexibility index (Phi) is 4.91. The van der Waals surface area contributed by atoms with Crippen LogP contribution in [0.25, 0.3) is 0 Å². The summed E-state index contributed by atoms with van der Waals surface area (Å²) in [7, 11) is 0. The van der Waals surface area contributed by atoms with Gasteiger partial charge in [0.2, 0.25) is 0 Å². The van der Waals surface area contributed by atoms with E-state index in [1.165, 1.54) is 19.3 Å². The molecule has 4 nitrogen and oxygen atoms in total. The van der Waals surface area contributed by atoms with Gasteiger partial charge in [0.1, 0.15) is 11.6 Å². The summed E-state index contributed by atoms with van der Waals surface area (Å²) in [6.07, 6.45) is 6.66. The van der Waals surface area contributed by atoms with Crippen LogP contribution in [-0.2, 0) is 6.42 Å². The summed E-state index contributed by atoms with van der Waals surface area (Å²) >= 11 is 0. The summed E-state index contributed by atoms with van der Waals surface area (Å²) in [5, 5.41) is 9.72. The maximum Gasteiger partial charge on any atom is 0.166 e.